The predicted octanol–water partition coefficient (Wildman–Crippen LogP) is 1.27. The van der Waals surface area contributed by atoms with Crippen LogP contribution in [-0.4, -0.2) is 23.1 Å². The summed E-state index contributed by atoms with van der Waals surface area (Å²) in [4.78, 5) is 11.9. The van der Waals surface area contributed by atoms with Gasteiger partial charge in [0.15, 0.2) is 0 Å². The number of phenols is 1. The first-order valence-electron chi connectivity index (χ1n) is 5.07. The summed E-state index contributed by atoms with van der Waals surface area (Å²) in [6.45, 7) is 0.426. The Morgan fingerprint density at radius 2 is 2.25 bits per heavy atom. The molecular weight excluding hydrogens is 228 g/mol. The van der Waals surface area contributed by atoms with Gasteiger partial charge >= 0.3 is 0 Å². The highest BCUT2D eigenvalue weighted by atomic mass is 35.5. The quantitative estimate of drug-likeness (QED) is 0.745. The molecule has 5 heteroatoms. The maximum Gasteiger partial charge on any atom is 0.253 e. The van der Waals surface area contributed by atoms with Crippen molar-refractivity contribution in [1.29, 1.82) is 0 Å². The van der Waals surface area contributed by atoms with Crippen LogP contribution in [0, 0.1) is 0 Å². The molecule has 0 radical (unpaired) electrons. The Kier molecular flexibility index (Phi) is 2.78. The van der Waals surface area contributed by atoms with Crippen LogP contribution < -0.4 is 11.1 Å². The molecule has 1 fully saturated rings. The average molecular weight is 241 g/mol. The smallest absolute Gasteiger partial charge is 0.253 e. The van der Waals surface area contributed by atoms with Crippen molar-refractivity contribution in [3.63, 3.8) is 0 Å². The fourth-order valence-corrected chi connectivity index (χ4v) is 1.73. The highest BCUT2D eigenvalue weighted by Gasteiger charge is 2.42. The van der Waals surface area contributed by atoms with E-state index in [1.807, 2.05) is 0 Å². The number of hydrogen-bond donors (Lipinski definition) is 3. The van der Waals surface area contributed by atoms with Gasteiger partial charge in [0.2, 0.25) is 0 Å². The zero-order chi connectivity index (χ0) is 11.8. The number of aromatic hydroxyl groups is 1. The lowest BCUT2D eigenvalue weighted by atomic mass is 10.1. The minimum absolute atomic E-state index is 0.0205. The van der Waals surface area contributed by atoms with E-state index < -0.39 is 0 Å². The highest BCUT2D eigenvalue weighted by molar-refractivity contribution is 6.33. The summed E-state index contributed by atoms with van der Waals surface area (Å²) in [6, 6.07) is 4.28. The van der Waals surface area contributed by atoms with Crippen molar-refractivity contribution < 1.29 is 9.90 Å². The normalized spacial score (nSPS) is 16.9. The average Bonchev–Trinajstić information content (AvgIpc) is 3.02. The fraction of sp³-hybridized carbons (Fsp3) is 0.364. The van der Waals surface area contributed by atoms with Crippen molar-refractivity contribution in [3.05, 3.63) is 28.8 Å². The van der Waals surface area contributed by atoms with E-state index in [2.05, 4.69) is 5.32 Å². The molecule has 1 aliphatic rings. The Morgan fingerprint density at radius 1 is 1.56 bits per heavy atom. The molecule has 86 valence electrons. The summed E-state index contributed by atoms with van der Waals surface area (Å²) in [5, 5.41) is 12.5. The monoisotopic (exact) mass is 240 g/mol. The second-order valence-corrected chi connectivity index (χ2v) is 4.51. The van der Waals surface area contributed by atoms with Crippen LogP contribution in [0.25, 0.3) is 0 Å². The largest absolute Gasteiger partial charge is 0.508 e. The van der Waals surface area contributed by atoms with E-state index in [0.29, 0.717) is 11.6 Å². The number of halogens is 1. The van der Waals surface area contributed by atoms with Gasteiger partial charge in [0.25, 0.3) is 5.91 Å². The van der Waals surface area contributed by atoms with Gasteiger partial charge in [-0.15, -0.1) is 0 Å². The summed E-state index contributed by atoms with van der Waals surface area (Å²) in [7, 11) is 0. The molecule has 0 unspecified atom stereocenters. The molecule has 0 saturated heterocycles. The number of carbonyl (C=O) groups excluding carboxylic acids is 1. The molecule has 1 aromatic carbocycles. The van der Waals surface area contributed by atoms with Crippen molar-refractivity contribution in [1.82, 2.24) is 5.32 Å². The van der Waals surface area contributed by atoms with Crippen LogP contribution in [0.4, 0.5) is 0 Å². The summed E-state index contributed by atoms with van der Waals surface area (Å²) < 4.78 is 0. The Morgan fingerprint density at radius 3 is 2.81 bits per heavy atom. The third kappa shape index (κ3) is 2.13. The van der Waals surface area contributed by atoms with E-state index >= 15 is 0 Å². The molecule has 0 heterocycles. The number of benzene rings is 1. The molecule has 1 aliphatic carbocycles. The van der Waals surface area contributed by atoms with E-state index in [9.17, 15) is 9.90 Å². The van der Waals surface area contributed by atoms with Crippen LogP contribution in [0.2, 0.25) is 5.02 Å². The van der Waals surface area contributed by atoms with E-state index in [-0.39, 0.29) is 22.8 Å². The maximum absolute atomic E-state index is 11.9. The van der Waals surface area contributed by atoms with Gasteiger partial charge in [0.1, 0.15) is 5.75 Å². The number of nitrogens with two attached hydrogens (primary N) is 1. The first-order chi connectivity index (χ1) is 7.56. The van der Waals surface area contributed by atoms with Gasteiger partial charge in [-0.25, -0.2) is 0 Å². The molecule has 0 atom stereocenters. The minimum atomic E-state index is -0.288. The van der Waals surface area contributed by atoms with Gasteiger partial charge in [0, 0.05) is 6.54 Å². The first-order valence-corrected chi connectivity index (χ1v) is 5.45. The lowest BCUT2D eigenvalue weighted by Gasteiger charge is -2.15. The van der Waals surface area contributed by atoms with Gasteiger partial charge in [-0.3, -0.25) is 4.79 Å². The van der Waals surface area contributed by atoms with Crippen LogP contribution in [-0.2, 0) is 0 Å². The fourth-order valence-electron chi connectivity index (χ4n) is 1.53. The van der Waals surface area contributed by atoms with E-state index in [1.54, 1.807) is 0 Å². The Hall–Kier alpha value is -1.26. The molecule has 1 saturated carbocycles. The van der Waals surface area contributed by atoms with Crippen molar-refractivity contribution >= 4 is 17.5 Å². The van der Waals surface area contributed by atoms with Crippen molar-refractivity contribution in [2.24, 2.45) is 5.73 Å². The molecule has 0 aliphatic heterocycles. The van der Waals surface area contributed by atoms with Crippen molar-refractivity contribution in [2.45, 2.75) is 18.4 Å². The van der Waals surface area contributed by atoms with Gasteiger partial charge in [-0.1, -0.05) is 11.6 Å². The van der Waals surface area contributed by atoms with Crippen molar-refractivity contribution in [2.75, 3.05) is 6.54 Å². The molecule has 16 heavy (non-hydrogen) atoms. The van der Waals surface area contributed by atoms with Crippen LogP contribution in [0.3, 0.4) is 0 Å². The van der Waals surface area contributed by atoms with Crippen LogP contribution >= 0.6 is 11.6 Å². The molecule has 4 N–H and O–H groups in total. The van der Waals surface area contributed by atoms with Gasteiger partial charge in [-0.05, 0) is 31.0 Å². The first kappa shape index (κ1) is 11.2. The lowest BCUT2D eigenvalue weighted by molar-refractivity contribution is 0.0933. The summed E-state index contributed by atoms with van der Waals surface area (Å²) >= 11 is 5.88. The molecule has 1 aromatic rings. The SMILES string of the molecule is NCC1(NC(=O)c2cc(O)ccc2Cl)CC1. The Bertz CT molecular complexity index is 430. The number of carbonyl (C=O) groups is 1. The number of hydrogen-bond acceptors (Lipinski definition) is 3. The predicted molar refractivity (Wildman–Crippen MR) is 61.6 cm³/mol. The summed E-state index contributed by atoms with van der Waals surface area (Å²) in [5.74, 6) is -0.268. The Labute approximate surface area is 98.4 Å². The van der Waals surface area contributed by atoms with Crippen LogP contribution in [0.1, 0.15) is 23.2 Å². The number of nitrogens with one attached hydrogen (secondary N) is 1. The molecule has 0 aromatic heterocycles. The summed E-state index contributed by atoms with van der Waals surface area (Å²) in [6.07, 6.45) is 1.79. The van der Waals surface area contributed by atoms with Crippen LogP contribution in [0.5, 0.6) is 5.75 Å². The topological polar surface area (TPSA) is 75.3 Å². The highest BCUT2D eigenvalue weighted by Crippen LogP contribution is 2.34. The van der Waals surface area contributed by atoms with Crippen molar-refractivity contribution in [3.8, 4) is 5.75 Å². The van der Waals surface area contributed by atoms with E-state index in [1.165, 1.54) is 18.2 Å². The lowest BCUT2D eigenvalue weighted by Crippen LogP contribution is -2.42. The minimum Gasteiger partial charge on any atom is -0.508 e. The number of rotatable bonds is 3. The second kappa shape index (κ2) is 3.96. The van der Waals surface area contributed by atoms with Gasteiger partial charge < -0.3 is 16.2 Å². The molecular formula is C11H13ClN2O2. The zero-order valence-electron chi connectivity index (χ0n) is 8.66. The third-order valence-corrected chi connectivity index (χ3v) is 3.15. The maximum atomic E-state index is 11.9. The number of amides is 1. The summed E-state index contributed by atoms with van der Waals surface area (Å²) in [5.41, 5.74) is 5.59. The standard InChI is InChI=1S/C11H13ClN2O2/c12-9-2-1-7(15)5-8(9)10(16)14-11(6-13)3-4-11/h1-2,5,15H,3-4,6,13H2,(H,14,16). The second-order valence-electron chi connectivity index (χ2n) is 4.10. The molecule has 2 rings (SSSR count). The van der Waals surface area contributed by atoms with Crippen LogP contribution in [0.15, 0.2) is 18.2 Å². The van der Waals surface area contributed by atoms with Gasteiger partial charge in [-0.2, -0.15) is 0 Å². The molecule has 0 spiro atoms. The molecule has 4 nitrogen and oxygen atoms in total. The molecule has 0 bridgehead atoms. The molecule has 1 amide bonds. The van der Waals surface area contributed by atoms with E-state index in [4.69, 9.17) is 17.3 Å². The zero-order valence-corrected chi connectivity index (χ0v) is 9.42. The third-order valence-electron chi connectivity index (χ3n) is 2.82. The van der Waals surface area contributed by atoms with Gasteiger partial charge in [0.05, 0.1) is 16.1 Å². The van der Waals surface area contributed by atoms with E-state index in [0.717, 1.165) is 12.8 Å². The number of phenolic OH excluding ortho intramolecular Hbond substituents is 1. The Balaban J connectivity index is 2.17.